The first-order valence-corrected chi connectivity index (χ1v) is 5.96. The highest BCUT2D eigenvalue weighted by atomic mass is 16.5. The van der Waals surface area contributed by atoms with E-state index in [2.05, 4.69) is 5.32 Å². The SMILES string of the molecule is COc1ccc(OC)c([C@@H]2NC(=O)C(O)=C2C(C)=O)c1. The number of hydrogen-bond donors (Lipinski definition) is 2. The van der Waals surface area contributed by atoms with Gasteiger partial charge in [-0.15, -0.1) is 0 Å². The van der Waals surface area contributed by atoms with Gasteiger partial charge in [0.05, 0.1) is 25.8 Å². The van der Waals surface area contributed by atoms with Crippen molar-refractivity contribution in [3.63, 3.8) is 0 Å². The summed E-state index contributed by atoms with van der Waals surface area (Å²) in [6.07, 6.45) is 0. The second-order valence-electron chi connectivity index (χ2n) is 4.33. The Balaban J connectivity index is 2.56. The quantitative estimate of drug-likeness (QED) is 0.866. The zero-order valence-corrected chi connectivity index (χ0v) is 11.4. The molecule has 0 fully saturated rings. The van der Waals surface area contributed by atoms with Gasteiger partial charge in [-0.1, -0.05) is 0 Å². The largest absolute Gasteiger partial charge is 0.503 e. The van der Waals surface area contributed by atoms with Crippen LogP contribution in [0.2, 0.25) is 0 Å². The van der Waals surface area contributed by atoms with Crippen LogP contribution in [0.1, 0.15) is 18.5 Å². The molecular weight excluding hydrogens is 262 g/mol. The number of ketones is 1. The molecule has 2 rings (SSSR count). The molecule has 1 aliphatic heterocycles. The number of carbonyl (C=O) groups is 2. The van der Waals surface area contributed by atoms with E-state index in [1.54, 1.807) is 18.2 Å². The molecule has 0 saturated heterocycles. The molecule has 20 heavy (non-hydrogen) atoms. The van der Waals surface area contributed by atoms with Crippen molar-refractivity contribution in [2.24, 2.45) is 0 Å². The van der Waals surface area contributed by atoms with Crippen LogP contribution in [0.5, 0.6) is 11.5 Å². The minimum absolute atomic E-state index is 0.0292. The number of methoxy groups -OCH3 is 2. The number of nitrogens with one attached hydrogen (secondary N) is 1. The van der Waals surface area contributed by atoms with Crippen molar-refractivity contribution in [3.05, 3.63) is 35.1 Å². The van der Waals surface area contributed by atoms with Crippen molar-refractivity contribution in [3.8, 4) is 11.5 Å². The highest BCUT2D eigenvalue weighted by molar-refractivity contribution is 6.08. The Bertz CT molecular complexity index is 606. The number of aliphatic hydroxyl groups is 1. The Labute approximate surface area is 116 Å². The molecule has 0 aromatic heterocycles. The highest BCUT2D eigenvalue weighted by Crippen LogP contribution is 2.37. The third kappa shape index (κ3) is 2.20. The van der Waals surface area contributed by atoms with Crippen molar-refractivity contribution in [1.82, 2.24) is 5.32 Å². The van der Waals surface area contributed by atoms with E-state index in [0.29, 0.717) is 17.1 Å². The third-order valence-electron chi connectivity index (χ3n) is 3.16. The zero-order chi connectivity index (χ0) is 14.9. The van der Waals surface area contributed by atoms with E-state index in [0.717, 1.165) is 0 Å². The normalized spacial score (nSPS) is 17.9. The van der Waals surface area contributed by atoms with E-state index in [4.69, 9.17) is 9.47 Å². The molecule has 6 nitrogen and oxygen atoms in total. The fourth-order valence-electron chi connectivity index (χ4n) is 2.20. The van der Waals surface area contributed by atoms with Crippen molar-refractivity contribution in [1.29, 1.82) is 0 Å². The third-order valence-corrected chi connectivity index (χ3v) is 3.16. The van der Waals surface area contributed by atoms with Crippen LogP contribution in [0, 0.1) is 0 Å². The summed E-state index contributed by atoms with van der Waals surface area (Å²) in [7, 11) is 3.00. The molecule has 1 aliphatic rings. The van der Waals surface area contributed by atoms with E-state index in [1.165, 1.54) is 21.1 Å². The number of ether oxygens (including phenoxy) is 2. The lowest BCUT2D eigenvalue weighted by atomic mass is 9.96. The molecule has 0 aliphatic carbocycles. The Morgan fingerprint density at radius 3 is 2.55 bits per heavy atom. The number of rotatable bonds is 4. The molecule has 2 N–H and O–H groups in total. The van der Waals surface area contributed by atoms with Gasteiger partial charge in [-0.2, -0.15) is 0 Å². The molecule has 0 bridgehead atoms. The van der Waals surface area contributed by atoms with Gasteiger partial charge in [0, 0.05) is 5.56 Å². The smallest absolute Gasteiger partial charge is 0.287 e. The lowest BCUT2D eigenvalue weighted by Crippen LogP contribution is -2.23. The monoisotopic (exact) mass is 277 g/mol. The minimum Gasteiger partial charge on any atom is -0.503 e. The van der Waals surface area contributed by atoms with Gasteiger partial charge in [-0.05, 0) is 25.1 Å². The topological polar surface area (TPSA) is 84.9 Å². The van der Waals surface area contributed by atoms with E-state index in [-0.39, 0.29) is 11.4 Å². The molecule has 1 aromatic carbocycles. The molecule has 106 valence electrons. The van der Waals surface area contributed by atoms with E-state index in [1.807, 2.05) is 0 Å². The summed E-state index contributed by atoms with van der Waals surface area (Å²) in [6, 6.07) is 4.29. The molecule has 0 unspecified atom stereocenters. The van der Waals surface area contributed by atoms with Crippen LogP contribution in [0.3, 0.4) is 0 Å². The maximum absolute atomic E-state index is 11.7. The molecule has 1 aromatic rings. The van der Waals surface area contributed by atoms with Gasteiger partial charge >= 0.3 is 0 Å². The lowest BCUT2D eigenvalue weighted by Gasteiger charge is -2.17. The fraction of sp³-hybridized carbons (Fsp3) is 0.286. The second kappa shape index (κ2) is 5.24. The Morgan fingerprint density at radius 2 is 2.00 bits per heavy atom. The van der Waals surface area contributed by atoms with Gasteiger partial charge in [-0.3, -0.25) is 9.59 Å². The van der Waals surface area contributed by atoms with Gasteiger partial charge in [0.15, 0.2) is 11.5 Å². The van der Waals surface area contributed by atoms with Gasteiger partial charge < -0.3 is 19.9 Å². The lowest BCUT2D eigenvalue weighted by molar-refractivity contribution is -0.119. The van der Waals surface area contributed by atoms with Crippen molar-refractivity contribution in [2.75, 3.05) is 14.2 Å². The first-order chi connectivity index (χ1) is 9.49. The summed E-state index contributed by atoms with van der Waals surface area (Å²) in [4.78, 5) is 23.2. The van der Waals surface area contributed by atoms with Crippen molar-refractivity contribution in [2.45, 2.75) is 13.0 Å². The number of hydrogen-bond acceptors (Lipinski definition) is 5. The summed E-state index contributed by atoms with van der Waals surface area (Å²) in [5, 5.41) is 12.3. The van der Waals surface area contributed by atoms with Crippen LogP contribution in [-0.2, 0) is 9.59 Å². The molecule has 1 amide bonds. The summed E-state index contributed by atoms with van der Waals surface area (Å²) in [6.45, 7) is 1.30. The van der Waals surface area contributed by atoms with E-state index < -0.39 is 17.7 Å². The zero-order valence-electron chi connectivity index (χ0n) is 11.4. The molecule has 1 heterocycles. The average molecular weight is 277 g/mol. The summed E-state index contributed by atoms with van der Waals surface area (Å²) >= 11 is 0. The molecule has 6 heteroatoms. The standard InChI is InChI=1S/C14H15NO5/c1-7(16)11-12(15-14(18)13(11)17)9-6-8(19-2)4-5-10(9)20-3/h4-6,12,17H,1-3H3,(H,15,18)/t12-/m0/s1. The highest BCUT2D eigenvalue weighted by Gasteiger charge is 2.36. The van der Waals surface area contributed by atoms with Crippen molar-refractivity contribution >= 4 is 11.7 Å². The number of amides is 1. The Hall–Kier alpha value is -2.50. The predicted molar refractivity (Wildman–Crippen MR) is 70.8 cm³/mol. The number of carbonyl (C=O) groups excluding carboxylic acids is 2. The van der Waals surface area contributed by atoms with Crippen LogP contribution in [0.4, 0.5) is 0 Å². The second-order valence-corrected chi connectivity index (χ2v) is 4.33. The average Bonchev–Trinajstić information content (AvgIpc) is 2.74. The Morgan fingerprint density at radius 1 is 1.30 bits per heavy atom. The van der Waals surface area contributed by atoms with Gasteiger partial charge in [0.2, 0.25) is 0 Å². The maximum Gasteiger partial charge on any atom is 0.287 e. The Kier molecular flexibility index (Phi) is 3.65. The first-order valence-electron chi connectivity index (χ1n) is 5.96. The molecule has 1 atom stereocenters. The predicted octanol–water partition coefficient (Wildman–Crippen LogP) is 1.28. The van der Waals surface area contributed by atoms with Crippen LogP contribution in [0.25, 0.3) is 0 Å². The van der Waals surface area contributed by atoms with Crippen LogP contribution < -0.4 is 14.8 Å². The molecule has 0 saturated carbocycles. The van der Waals surface area contributed by atoms with E-state index in [9.17, 15) is 14.7 Å². The first kappa shape index (κ1) is 13.9. The number of aliphatic hydroxyl groups excluding tert-OH is 1. The number of Topliss-reactive ketones (excluding diaryl/α,β-unsaturated/α-hetero) is 1. The van der Waals surface area contributed by atoms with Crippen LogP contribution >= 0.6 is 0 Å². The van der Waals surface area contributed by atoms with Crippen LogP contribution in [-0.4, -0.2) is 31.0 Å². The fourth-order valence-corrected chi connectivity index (χ4v) is 2.20. The summed E-state index contributed by atoms with van der Waals surface area (Å²) in [5.41, 5.74) is 0.580. The van der Waals surface area contributed by atoms with Crippen molar-refractivity contribution < 1.29 is 24.2 Å². The molecule has 0 spiro atoms. The van der Waals surface area contributed by atoms with Crippen LogP contribution in [0.15, 0.2) is 29.5 Å². The summed E-state index contributed by atoms with van der Waals surface area (Å²) in [5.74, 6) is -0.554. The van der Waals surface area contributed by atoms with Gasteiger partial charge in [0.25, 0.3) is 5.91 Å². The maximum atomic E-state index is 11.7. The number of benzene rings is 1. The molecular formula is C14H15NO5. The van der Waals surface area contributed by atoms with Gasteiger partial charge in [-0.25, -0.2) is 0 Å². The summed E-state index contributed by atoms with van der Waals surface area (Å²) < 4.78 is 10.4. The van der Waals surface area contributed by atoms with E-state index >= 15 is 0 Å². The van der Waals surface area contributed by atoms with Gasteiger partial charge in [0.1, 0.15) is 11.5 Å². The molecule has 0 radical (unpaired) electrons. The minimum atomic E-state index is -0.745.